The summed E-state index contributed by atoms with van der Waals surface area (Å²) in [6, 6.07) is 12.5. The molecule has 0 aromatic heterocycles. The average Bonchev–Trinajstić information content (AvgIpc) is 2.28. The van der Waals surface area contributed by atoms with E-state index in [0.717, 1.165) is 6.26 Å². The van der Waals surface area contributed by atoms with E-state index >= 15 is 0 Å². The van der Waals surface area contributed by atoms with E-state index in [1.54, 1.807) is 30.3 Å². The fraction of sp³-hybridized carbons (Fsp3) is 0.0769. The van der Waals surface area contributed by atoms with Crippen molar-refractivity contribution in [2.24, 2.45) is 0 Å². The van der Waals surface area contributed by atoms with Gasteiger partial charge in [0, 0.05) is 12.3 Å². The Labute approximate surface area is 105 Å². The molecule has 0 bridgehead atoms. The van der Waals surface area contributed by atoms with Crippen LogP contribution in [0.15, 0.2) is 53.4 Å². The van der Waals surface area contributed by atoms with Crippen LogP contribution in [0.4, 0.5) is 0 Å². The van der Waals surface area contributed by atoms with Gasteiger partial charge in [0.15, 0.2) is 9.84 Å². The molecule has 0 spiro atoms. The summed E-state index contributed by atoms with van der Waals surface area (Å²) >= 11 is 0. The highest BCUT2D eigenvalue weighted by Gasteiger charge is 2.06. The van der Waals surface area contributed by atoms with Crippen molar-refractivity contribution >= 4 is 9.84 Å². The normalized spacial score (nSPS) is 11.2. The van der Waals surface area contributed by atoms with Crippen molar-refractivity contribution in [3.63, 3.8) is 0 Å². The van der Waals surface area contributed by atoms with Gasteiger partial charge in [0.1, 0.15) is 17.2 Å². The molecular formula is C13H12O4S. The molecule has 2 rings (SSSR count). The van der Waals surface area contributed by atoms with Gasteiger partial charge in [0.25, 0.3) is 0 Å². The Morgan fingerprint density at radius 1 is 1.00 bits per heavy atom. The summed E-state index contributed by atoms with van der Waals surface area (Å²) in [4.78, 5) is 0.241. The quantitative estimate of drug-likeness (QED) is 0.925. The van der Waals surface area contributed by atoms with Crippen LogP contribution < -0.4 is 4.74 Å². The maximum atomic E-state index is 11.3. The lowest BCUT2D eigenvalue weighted by Crippen LogP contribution is -1.96. The standard InChI is InChI=1S/C13H12O4S/c1-18(15,16)13-7-5-11(6-8-13)17-12-4-2-3-10(14)9-12/h2-9,14H,1H3. The minimum absolute atomic E-state index is 0.111. The van der Waals surface area contributed by atoms with Crippen LogP contribution in [0, 0.1) is 0 Å². The summed E-state index contributed by atoms with van der Waals surface area (Å²) < 4.78 is 28.0. The highest BCUT2D eigenvalue weighted by atomic mass is 32.2. The minimum atomic E-state index is -3.19. The van der Waals surface area contributed by atoms with Crippen LogP contribution in [-0.4, -0.2) is 19.8 Å². The molecule has 2 aromatic carbocycles. The molecule has 0 radical (unpaired) electrons. The molecule has 1 N–H and O–H groups in total. The van der Waals surface area contributed by atoms with Crippen LogP contribution in [0.25, 0.3) is 0 Å². The van der Waals surface area contributed by atoms with Crippen molar-refractivity contribution in [1.82, 2.24) is 0 Å². The second-order valence-electron chi connectivity index (χ2n) is 3.84. The Hall–Kier alpha value is -2.01. The maximum absolute atomic E-state index is 11.3. The lowest BCUT2D eigenvalue weighted by molar-refractivity contribution is 0.455. The molecule has 0 aliphatic heterocycles. The van der Waals surface area contributed by atoms with Gasteiger partial charge in [-0.05, 0) is 36.4 Å². The monoisotopic (exact) mass is 264 g/mol. The van der Waals surface area contributed by atoms with Gasteiger partial charge in [0.05, 0.1) is 4.90 Å². The zero-order valence-electron chi connectivity index (χ0n) is 9.70. The number of rotatable bonds is 3. The highest BCUT2D eigenvalue weighted by Crippen LogP contribution is 2.25. The Balaban J connectivity index is 2.21. The van der Waals surface area contributed by atoms with Gasteiger partial charge in [-0.1, -0.05) is 6.07 Å². The smallest absolute Gasteiger partial charge is 0.175 e. The Kier molecular flexibility index (Phi) is 3.25. The Morgan fingerprint density at radius 2 is 1.67 bits per heavy atom. The molecule has 0 saturated carbocycles. The molecule has 2 aromatic rings. The molecule has 18 heavy (non-hydrogen) atoms. The first-order valence-electron chi connectivity index (χ1n) is 5.22. The molecule has 0 amide bonds. The first-order valence-corrected chi connectivity index (χ1v) is 7.11. The van der Waals surface area contributed by atoms with Gasteiger partial charge in [-0.25, -0.2) is 8.42 Å². The molecule has 0 saturated heterocycles. The highest BCUT2D eigenvalue weighted by molar-refractivity contribution is 7.90. The molecule has 0 atom stereocenters. The van der Waals surface area contributed by atoms with Gasteiger partial charge in [-0.3, -0.25) is 0 Å². The van der Waals surface area contributed by atoms with E-state index in [9.17, 15) is 13.5 Å². The summed E-state index contributed by atoms with van der Waals surface area (Å²) in [5.41, 5.74) is 0. The van der Waals surface area contributed by atoms with E-state index in [4.69, 9.17) is 4.74 Å². The number of hydrogen-bond donors (Lipinski definition) is 1. The number of ether oxygens (including phenoxy) is 1. The number of hydrogen-bond acceptors (Lipinski definition) is 4. The Bertz CT molecular complexity index is 645. The molecule has 0 aliphatic carbocycles. The molecule has 0 unspecified atom stereocenters. The van der Waals surface area contributed by atoms with Gasteiger partial charge < -0.3 is 9.84 Å². The largest absolute Gasteiger partial charge is 0.508 e. The number of phenolic OH excluding ortho intramolecular Hbond substituents is 1. The zero-order chi connectivity index (χ0) is 13.2. The molecular weight excluding hydrogens is 252 g/mol. The van der Waals surface area contributed by atoms with E-state index in [1.807, 2.05) is 0 Å². The van der Waals surface area contributed by atoms with Crippen LogP contribution in [0.3, 0.4) is 0 Å². The number of aromatic hydroxyl groups is 1. The van der Waals surface area contributed by atoms with E-state index in [1.165, 1.54) is 18.2 Å². The van der Waals surface area contributed by atoms with Crippen LogP contribution in [0.5, 0.6) is 17.2 Å². The second-order valence-corrected chi connectivity index (χ2v) is 5.86. The lowest BCUT2D eigenvalue weighted by Gasteiger charge is -2.06. The van der Waals surface area contributed by atoms with Crippen LogP contribution >= 0.6 is 0 Å². The van der Waals surface area contributed by atoms with E-state index in [2.05, 4.69) is 0 Å². The molecule has 4 nitrogen and oxygen atoms in total. The molecule has 0 heterocycles. The molecule has 0 fully saturated rings. The van der Waals surface area contributed by atoms with Gasteiger partial charge in [-0.2, -0.15) is 0 Å². The SMILES string of the molecule is CS(=O)(=O)c1ccc(Oc2cccc(O)c2)cc1. The zero-order valence-corrected chi connectivity index (χ0v) is 10.5. The molecule has 5 heteroatoms. The topological polar surface area (TPSA) is 63.6 Å². The molecule has 0 aliphatic rings. The fourth-order valence-electron chi connectivity index (χ4n) is 1.44. The van der Waals surface area contributed by atoms with Crippen LogP contribution in [0.2, 0.25) is 0 Å². The van der Waals surface area contributed by atoms with Gasteiger partial charge in [-0.15, -0.1) is 0 Å². The lowest BCUT2D eigenvalue weighted by atomic mass is 10.3. The van der Waals surface area contributed by atoms with Crippen LogP contribution in [-0.2, 0) is 9.84 Å². The van der Waals surface area contributed by atoms with E-state index < -0.39 is 9.84 Å². The van der Waals surface area contributed by atoms with E-state index in [0.29, 0.717) is 11.5 Å². The third-order valence-electron chi connectivity index (χ3n) is 2.31. The third-order valence-corrected chi connectivity index (χ3v) is 3.43. The van der Waals surface area contributed by atoms with Crippen molar-refractivity contribution in [2.45, 2.75) is 4.90 Å². The first-order chi connectivity index (χ1) is 8.45. The predicted octanol–water partition coefficient (Wildman–Crippen LogP) is 2.59. The summed E-state index contributed by atoms with van der Waals surface area (Å²) in [5.74, 6) is 1.11. The van der Waals surface area contributed by atoms with Gasteiger partial charge >= 0.3 is 0 Å². The number of sulfone groups is 1. The predicted molar refractivity (Wildman–Crippen MR) is 67.7 cm³/mol. The van der Waals surface area contributed by atoms with Crippen molar-refractivity contribution in [3.05, 3.63) is 48.5 Å². The van der Waals surface area contributed by atoms with Crippen molar-refractivity contribution < 1.29 is 18.3 Å². The summed E-state index contributed by atoms with van der Waals surface area (Å²) in [6.07, 6.45) is 1.15. The maximum Gasteiger partial charge on any atom is 0.175 e. The van der Waals surface area contributed by atoms with Crippen LogP contribution in [0.1, 0.15) is 0 Å². The van der Waals surface area contributed by atoms with E-state index in [-0.39, 0.29) is 10.6 Å². The summed E-state index contributed by atoms with van der Waals surface area (Å²) in [7, 11) is -3.19. The number of benzene rings is 2. The summed E-state index contributed by atoms with van der Waals surface area (Å²) in [5, 5.41) is 9.28. The van der Waals surface area contributed by atoms with Crippen molar-refractivity contribution in [1.29, 1.82) is 0 Å². The number of phenols is 1. The second kappa shape index (κ2) is 4.70. The minimum Gasteiger partial charge on any atom is -0.508 e. The van der Waals surface area contributed by atoms with Gasteiger partial charge in [0.2, 0.25) is 0 Å². The molecule has 94 valence electrons. The fourth-order valence-corrected chi connectivity index (χ4v) is 2.07. The Morgan fingerprint density at radius 3 is 2.22 bits per heavy atom. The average molecular weight is 264 g/mol. The van der Waals surface area contributed by atoms with Crippen molar-refractivity contribution in [3.8, 4) is 17.2 Å². The third kappa shape index (κ3) is 3.01. The first kappa shape index (κ1) is 12.4. The summed E-state index contributed by atoms with van der Waals surface area (Å²) in [6.45, 7) is 0. The van der Waals surface area contributed by atoms with Crippen molar-refractivity contribution in [2.75, 3.05) is 6.26 Å².